The van der Waals surface area contributed by atoms with Gasteiger partial charge >= 0.3 is 0 Å². The van der Waals surface area contributed by atoms with E-state index < -0.39 is 0 Å². The van der Waals surface area contributed by atoms with Crippen LogP contribution >= 0.6 is 0 Å². The molecule has 0 radical (unpaired) electrons. The Bertz CT molecular complexity index is 240. The summed E-state index contributed by atoms with van der Waals surface area (Å²) in [6.45, 7) is 3.84. The van der Waals surface area contributed by atoms with Gasteiger partial charge in [-0.25, -0.2) is 0 Å². The summed E-state index contributed by atoms with van der Waals surface area (Å²) in [6, 6.07) is 0. The van der Waals surface area contributed by atoms with Crippen molar-refractivity contribution in [2.75, 3.05) is 13.1 Å². The Labute approximate surface area is 105 Å². The van der Waals surface area contributed by atoms with Crippen molar-refractivity contribution in [2.24, 2.45) is 5.92 Å². The molecule has 98 valence electrons. The lowest BCUT2D eigenvalue weighted by Crippen LogP contribution is -2.28. The summed E-state index contributed by atoms with van der Waals surface area (Å²) in [5.74, 6) is -0.300. The van der Waals surface area contributed by atoms with Crippen molar-refractivity contribution in [3.63, 3.8) is 0 Å². The lowest BCUT2D eigenvalue weighted by atomic mass is 10.1. The summed E-state index contributed by atoms with van der Waals surface area (Å²) in [5.41, 5.74) is 0. The molecule has 3 nitrogen and oxygen atoms in total. The zero-order valence-electron chi connectivity index (χ0n) is 11.0. The molecule has 1 aliphatic rings. The van der Waals surface area contributed by atoms with E-state index in [1.807, 2.05) is 4.90 Å². The van der Waals surface area contributed by atoms with E-state index in [-0.39, 0.29) is 11.8 Å². The van der Waals surface area contributed by atoms with Gasteiger partial charge < -0.3 is 9.69 Å². The summed E-state index contributed by atoms with van der Waals surface area (Å²) >= 11 is 0. The van der Waals surface area contributed by atoms with Gasteiger partial charge in [-0.1, -0.05) is 45.4 Å². The zero-order chi connectivity index (χ0) is 12.5. The molecule has 0 bridgehead atoms. The van der Waals surface area contributed by atoms with Gasteiger partial charge in [0.1, 0.15) is 6.29 Å². The maximum absolute atomic E-state index is 11.6. The maximum atomic E-state index is 11.6. The smallest absolute Gasteiger partial charge is 0.232 e. The molecule has 0 N–H and O–H groups in total. The molecule has 0 aromatic carbocycles. The van der Waals surface area contributed by atoms with E-state index in [9.17, 15) is 9.59 Å². The average Bonchev–Trinajstić information content (AvgIpc) is 2.69. The van der Waals surface area contributed by atoms with Crippen LogP contribution in [0.4, 0.5) is 0 Å². The SMILES string of the molecule is CCCCCCCCCN1CCC(C=O)C1=O. The van der Waals surface area contributed by atoms with Gasteiger partial charge in [0.15, 0.2) is 0 Å². The van der Waals surface area contributed by atoms with E-state index in [4.69, 9.17) is 0 Å². The molecule has 0 spiro atoms. The van der Waals surface area contributed by atoms with Crippen molar-refractivity contribution in [1.82, 2.24) is 4.90 Å². The summed E-state index contributed by atoms with van der Waals surface area (Å²) in [4.78, 5) is 24.1. The molecule has 0 aliphatic carbocycles. The van der Waals surface area contributed by atoms with Crippen LogP contribution in [0, 0.1) is 5.92 Å². The number of unbranched alkanes of at least 4 members (excludes halogenated alkanes) is 6. The average molecular weight is 239 g/mol. The van der Waals surface area contributed by atoms with Gasteiger partial charge in [0, 0.05) is 13.1 Å². The number of hydrogen-bond acceptors (Lipinski definition) is 2. The second-order valence-electron chi connectivity index (χ2n) is 4.98. The molecule has 1 saturated heterocycles. The molecule has 17 heavy (non-hydrogen) atoms. The van der Waals surface area contributed by atoms with Crippen LogP contribution < -0.4 is 0 Å². The van der Waals surface area contributed by atoms with Gasteiger partial charge in [0.25, 0.3) is 0 Å². The fourth-order valence-electron chi connectivity index (χ4n) is 2.37. The molecule has 1 heterocycles. The van der Waals surface area contributed by atoms with Crippen LogP contribution in [-0.4, -0.2) is 30.2 Å². The largest absolute Gasteiger partial charge is 0.342 e. The maximum Gasteiger partial charge on any atom is 0.232 e. The van der Waals surface area contributed by atoms with Gasteiger partial charge in [0.2, 0.25) is 5.91 Å². The number of hydrogen-bond donors (Lipinski definition) is 0. The predicted molar refractivity (Wildman–Crippen MR) is 68.7 cm³/mol. The molecule has 0 aromatic heterocycles. The lowest BCUT2D eigenvalue weighted by Gasteiger charge is -2.15. The van der Waals surface area contributed by atoms with Crippen molar-refractivity contribution in [1.29, 1.82) is 0 Å². The zero-order valence-corrected chi connectivity index (χ0v) is 11.0. The molecular formula is C14H25NO2. The van der Waals surface area contributed by atoms with E-state index >= 15 is 0 Å². The topological polar surface area (TPSA) is 37.4 Å². The minimum absolute atomic E-state index is 0.0472. The van der Waals surface area contributed by atoms with Crippen LogP contribution in [0.1, 0.15) is 58.3 Å². The van der Waals surface area contributed by atoms with Crippen molar-refractivity contribution < 1.29 is 9.59 Å². The highest BCUT2D eigenvalue weighted by atomic mass is 16.2. The Balaban J connectivity index is 2.00. The van der Waals surface area contributed by atoms with Gasteiger partial charge in [0.05, 0.1) is 5.92 Å². The monoisotopic (exact) mass is 239 g/mol. The van der Waals surface area contributed by atoms with Gasteiger partial charge in [-0.15, -0.1) is 0 Å². The van der Waals surface area contributed by atoms with E-state index in [2.05, 4.69) is 6.92 Å². The van der Waals surface area contributed by atoms with Crippen molar-refractivity contribution in [3.8, 4) is 0 Å². The van der Waals surface area contributed by atoms with Crippen molar-refractivity contribution >= 4 is 12.2 Å². The molecule has 1 amide bonds. The molecule has 0 aromatic rings. The van der Waals surface area contributed by atoms with Crippen LogP contribution in [0.25, 0.3) is 0 Å². The van der Waals surface area contributed by atoms with Crippen LogP contribution in [0.2, 0.25) is 0 Å². The molecule has 1 aliphatic heterocycles. The first kappa shape index (κ1) is 14.2. The normalized spacial score (nSPS) is 19.9. The van der Waals surface area contributed by atoms with Gasteiger partial charge in [-0.2, -0.15) is 0 Å². The van der Waals surface area contributed by atoms with E-state index in [0.29, 0.717) is 0 Å². The summed E-state index contributed by atoms with van der Waals surface area (Å²) < 4.78 is 0. The Kier molecular flexibility index (Phi) is 6.90. The molecule has 1 atom stereocenters. The molecule has 1 fully saturated rings. The highest BCUT2D eigenvalue weighted by Crippen LogP contribution is 2.17. The molecule has 0 saturated carbocycles. The number of rotatable bonds is 9. The van der Waals surface area contributed by atoms with Crippen LogP contribution in [0.3, 0.4) is 0 Å². The Morgan fingerprint density at radius 1 is 1.18 bits per heavy atom. The van der Waals surface area contributed by atoms with Crippen LogP contribution in [0.15, 0.2) is 0 Å². The first-order chi connectivity index (χ1) is 8.29. The Morgan fingerprint density at radius 2 is 1.82 bits per heavy atom. The number of aldehydes is 1. The minimum Gasteiger partial charge on any atom is -0.342 e. The number of likely N-dealkylation sites (tertiary alicyclic amines) is 1. The number of carbonyl (C=O) groups is 2. The second-order valence-corrected chi connectivity index (χ2v) is 4.98. The fraction of sp³-hybridized carbons (Fsp3) is 0.857. The van der Waals surface area contributed by atoms with E-state index in [0.717, 1.165) is 32.2 Å². The van der Waals surface area contributed by atoms with Crippen molar-refractivity contribution in [2.45, 2.75) is 58.3 Å². The van der Waals surface area contributed by atoms with E-state index in [1.165, 1.54) is 38.5 Å². The highest BCUT2D eigenvalue weighted by molar-refractivity contribution is 5.93. The standard InChI is InChI=1S/C14H25NO2/c1-2-3-4-5-6-7-8-10-15-11-9-13(12-16)14(15)17/h12-13H,2-11H2,1H3. The third-order valence-electron chi connectivity index (χ3n) is 3.53. The van der Waals surface area contributed by atoms with Crippen LogP contribution in [0.5, 0.6) is 0 Å². The summed E-state index contributed by atoms with van der Waals surface area (Å²) in [5, 5.41) is 0. The number of amides is 1. The quantitative estimate of drug-likeness (QED) is 0.352. The summed E-state index contributed by atoms with van der Waals surface area (Å²) in [6.07, 6.45) is 10.4. The predicted octanol–water partition coefficient (Wildman–Crippen LogP) is 2.78. The first-order valence-electron chi connectivity index (χ1n) is 7.03. The first-order valence-corrected chi connectivity index (χ1v) is 7.03. The van der Waals surface area contributed by atoms with Crippen LogP contribution in [-0.2, 0) is 9.59 Å². The second kappa shape index (κ2) is 8.26. The third kappa shape index (κ3) is 4.88. The molecule has 1 rings (SSSR count). The third-order valence-corrected chi connectivity index (χ3v) is 3.53. The van der Waals surface area contributed by atoms with E-state index in [1.54, 1.807) is 0 Å². The van der Waals surface area contributed by atoms with Gasteiger partial charge in [-0.3, -0.25) is 4.79 Å². The molecule has 1 unspecified atom stereocenters. The fourth-order valence-corrected chi connectivity index (χ4v) is 2.37. The molecular weight excluding hydrogens is 214 g/mol. The van der Waals surface area contributed by atoms with Gasteiger partial charge in [-0.05, 0) is 12.8 Å². The highest BCUT2D eigenvalue weighted by Gasteiger charge is 2.30. The Hall–Kier alpha value is -0.860. The number of carbonyl (C=O) groups excluding carboxylic acids is 2. The van der Waals surface area contributed by atoms with Crippen molar-refractivity contribution in [3.05, 3.63) is 0 Å². The lowest BCUT2D eigenvalue weighted by molar-refractivity contribution is -0.133. The Morgan fingerprint density at radius 3 is 2.41 bits per heavy atom. The minimum atomic E-state index is -0.348. The summed E-state index contributed by atoms with van der Waals surface area (Å²) in [7, 11) is 0. The molecule has 3 heteroatoms. The number of nitrogens with zero attached hydrogens (tertiary/aromatic N) is 1.